The normalized spacial score (nSPS) is 15.7. The van der Waals surface area contributed by atoms with Crippen molar-refractivity contribution in [2.75, 3.05) is 20.2 Å². The number of nitrogens with one attached hydrogen (secondary N) is 1. The van der Waals surface area contributed by atoms with Gasteiger partial charge in [0.1, 0.15) is 18.1 Å². The van der Waals surface area contributed by atoms with Crippen LogP contribution in [0.2, 0.25) is 0 Å². The highest BCUT2D eigenvalue weighted by atomic mass is 32.1. The van der Waals surface area contributed by atoms with Crippen molar-refractivity contribution in [3.63, 3.8) is 0 Å². The molecule has 1 fully saturated rings. The number of aryl methyl sites for hydroxylation is 1. The molecular formula is C25H26N6O6S. The molecular weight excluding hydrogens is 512 g/mol. The van der Waals surface area contributed by atoms with Gasteiger partial charge in [-0.15, -0.1) is 0 Å². The van der Waals surface area contributed by atoms with Gasteiger partial charge in [0.25, 0.3) is 5.91 Å². The monoisotopic (exact) mass is 538 g/mol. The van der Waals surface area contributed by atoms with E-state index in [0.717, 1.165) is 11.3 Å². The zero-order valence-corrected chi connectivity index (χ0v) is 21.7. The highest BCUT2D eigenvalue weighted by Gasteiger charge is 2.52. The summed E-state index contributed by atoms with van der Waals surface area (Å²) >= 11 is 1.47. The Labute approximate surface area is 221 Å². The molecule has 3 aromatic heterocycles. The lowest BCUT2D eigenvalue weighted by Crippen LogP contribution is -2.74. The molecule has 13 heteroatoms. The van der Waals surface area contributed by atoms with E-state index in [9.17, 15) is 20.1 Å². The summed E-state index contributed by atoms with van der Waals surface area (Å²) in [6, 6.07) is 7.40. The maximum Gasteiger partial charge on any atom is 0.372 e. The number of rotatable bonds is 6. The Hall–Kier alpha value is -3.75. The van der Waals surface area contributed by atoms with E-state index < -0.39 is 17.5 Å². The molecule has 1 aromatic carbocycles. The number of hydrogen-bond donors (Lipinski definition) is 4. The van der Waals surface area contributed by atoms with Crippen molar-refractivity contribution in [2.24, 2.45) is 7.05 Å². The van der Waals surface area contributed by atoms with Crippen LogP contribution in [-0.2, 0) is 13.7 Å². The van der Waals surface area contributed by atoms with Crippen LogP contribution in [0.4, 0.5) is 0 Å². The van der Waals surface area contributed by atoms with Gasteiger partial charge < -0.3 is 30.1 Å². The van der Waals surface area contributed by atoms with E-state index in [2.05, 4.69) is 15.5 Å². The van der Waals surface area contributed by atoms with Crippen LogP contribution in [-0.4, -0.2) is 77.5 Å². The van der Waals surface area contributed by atoms with E-state index in [1.807, 2.05) is 42.2 Å². The van der Waals surface area contributed by atoms with E-state index in [0.29, 0.717) is 38.9 Å². The Morgan fingerprint density at radius 1 is 1.24 bits per heavy atom. The van der Waals surface area contributed by atoms with E-state index in [4.69, 9.17) is 9.47 Å². The third-order valence-corrected chi connectivity index (χ3v) is 7.58. The average molecular weight is 539 g/mol. The first-order valence-corrected chi connectivity index (χ1v) is 12.8. The summed E-state index contributed by atoms with van der Waals surface area (Å²) in [6.07, 6.45) is -1.56. The van der Waals surface area contributed by atoms with Gasteiger partial charge in [-0.3, -0.25) is 14.4 Å². The summed E-state index contributed by atoms with van der Waals surface area (Å²) in [6.45, 7) is 2.18. The second-order valence-electron chi connectivity index (χ2n) is 9.62. The molecule has 198 valence electrons. The lowest BCUT2D eigenvalue weighted by Gasteiger charge is -2.50. The summed E-state index contributed by atoms with van der Waals surface area (Å²) in [4.78, 5) is 14.5. The molecule has 1 saturated heterocycles. The van der Waals surface area contributed by atoms with Crippen molar-refractivity contribution in [1.29, 1.82) is 0 Å². The number of methoxy groups -OCH3 is 1. The van der Waals surface area contributed by atoms with Crippen molar-refractivity contribution in [3.05, 3.63) is 52.5 Å². The van der Waals surface area contributed by atoms with E-state index in [1.54, 1.807) is 29.5 Å². The summed E-state index contributed by atoms with van der Waals surface area (Å²) in [5.74, 6) is 0.278. The summed E-state index contributed by atoms with van der Waals surface area (Å²) in [5.41, 5.74) is 2.78. The number of hydrogen-bond acceptors (Lipinski definition) is 10. The van der Waals surface area contributed by atoms with Crippen molar-refractivity contribution < 1.29 is 29.6 Å². The number of fused-ring (bicyclic) bond motifs is 3. The number of carbonyl (C=O) groups is 1. The molecule has 0 spiro atoms. The highest BCUT2D eigenvalue weighted by Crippen LogP contribution is 2.46. The van der Waals surface area contributed by atoms with Crippen LogP contribution in [0.3, 0.4) is 0 Å². The van der Waals surface area contributed by atoms with Crippen molar-refractivity contribution >= 4 is 17.2 Å². The van der Waals surface area contributed by atoms with E-state index in [-0.39, 0.29) is 25.4 Å². The first-order chi connectivity index (χ1) is 18.1. The second-order valence-corrected chi connectivity index (χ2v) is 10.4. The maximum absolute atomic E-state index is 13.8. The Bertz CT molecular complexity index is 1530. The van der Waals surface area contributed by atoms with E-state index in [1.165, 1.54) is 11.3 Å². The molecule has 0 unspecified atom stereocenters. The number of benzene rings is 1. The van der Waals surface area contributed by atoms with Crippen LogP contribution in [0.5, 0.6) is 11.5 Å². The fraction of sp³-hybridized carbons (Fsp3) is 0.320. The first kappa shape index (κ1) is 24.6. The van der Waals surface area contributed by atoms with Crippen LogP contribution in [0.15, 0.2) is 41.2 Å². The zero-order chi connectivity index (χ0) is 26.8. The molecule has 0 aliphatic carbocycles. The van der Waals surface area contributed by atoms with Crippen LogP contribution in [0.1, 0.15) is 23.0 Å². The molecule has 12 nitrogen and oxygen atoms in total. The van der Waals surface area contributed by atoms with Crippen LogP contribution in [0.25, 0.3) is 28.2 Å². The van der Waals surface area contributed by atoms with Gasteiger partial charge in [0, 0.05) is 54.5 Å². The second kappa shape index (κ2) is 8.64. The predicted molar refractivity (Wildman–Crippen MR) is 137 cm³/mol. The predicted octanol–water partition coefficient (Wildman–Crippen LogP) is 1.29. The molecule has 1 amide bonds. The third kappa shape index (κ3) is 3.78. The number of aromatic nitrogens is 4. The molecule has 4 N–H and O–H groups in total. The molecule has 2 aliphatic heterocycles. The molecule has 0 radical (unpaired) electrons. The smallest absolute Gasteiger partial charge is 0.372 e. The van der Waals surface area contributed by atoms with Crippen LogP contribution >= 0.6 is 11.3 Å². The summed E-state index contributed by atoms with van der Waals surface area (Å²) < 4.78 is 15.0. The molecule has 6 rings (SSSR count). The van der Waals surface area contributed by atoms with Crippen LogP contribution in [0, 0.1) is 0 Å². The number of amides is 1. The minimum atomic E-state index is -3.39. The Balaban J connectivity index is 1.57. The molecule has 4 aromatic rings. The van der Waals surface area contributed by atoms with E-state index >= 15 is 0 Å². The lowest BCUT2D eigenvalue weighted by molar-refractivity contribution is -0.395. The summed E-state index contributed by atoms with van der Waals surface area (Å²) in [5, 5.41) is 46.5. The van der Waals surface area contributed by atoms with Gasteiger partial charge in [0.15, 0.2) is 5.69 Å². The average Bonchev–Trinajstić information content (AvgIpc) is 3.60. The Morgan fingerprint density at radius 2 is 2.03 bits per heavy atom. The van der Waals surface area contributed by atoms with Gasteiger partial charge >= 0.3 is 6.10 Å². The fourth-order valence-corrected chi connectivity index (χ4v) is 5.65. The molecule has 0 bridgehead atoms. The lowest BCUT2D eigenvalue weighted by atomic mass is 9.91. The SMILES string of the molecule is COc1cc2c(cc1-c1ccn(C)n1)-c1c(c(C(=O)N(C(O)(O)O)C3(C)CNC3)nn1-c1ccsc1)CO2. The number of aliphatic hydroxyl groups is 3. The third-order valence-electron chi connectivity index (χ3n) is 6.91. The molecule has 5 heterocycles. The van der Waals surface area contributed by atoms with Crippen molar-refractivity contribution in [3.8, 4) is 39.7 Å². The largest absolute Gasteiger partial charge is 0.496 e. The Kier molecular flexibility index (Phi) is 5.59. The molecule has 0 saturated carbocycles. The Morgan fingerprint density at radius 3 is 2.61 bits per heavy atom. The maximum atomic E-state index is 13.8. The zero-order valence-electron chi connectivity index (χ0n) is 20.9. The van der Waals surface area contributed by atoms with Crippen molar-refractivity contribution in [1.82, 2.24) is 29.8 Å². The van der Waals surface area contributed by atoms with Gasteiger partial charge in [-0.05, 0) is 30.5 Å². The molecule has 0 atom stereocenters. The van der Waals surface area contributed by atoms with Gasteiger partial charge in [-0.1, -0.05) is 0 Å². The molecule has 2 aliphatic rings. The van der Waals surface area contributed by atoms with Gasteiger partial charge in [-0.25, -0.2) is 4.68 Å². The van der Waals surface area contributed by atoms with Gasteiger partial charge in [0.2, 0.25) is 0 Å². The highest BCUT2D eigenvalue weighted by molar-refractivity contribution is 7.08. The number of nitrogens with zero attached hydrogens (tertiary/aromatic N) is 5. The number of carbonyl (C=O) groups excluding carboxylic acids is 1. The topological polar surface area (TPSA) is 147 Å². The minimum absolute atomic E-state index is 0.00226. The standard InChI is InChI=1S/C25H26N6O6S/c1-24(12-26-13-24)31(25(33,34)35)23(32)21-17-10-37-20-9-19(36-3)15(18-4-6-29(2)27-18)8-16(20)22(17)30(28-21)14-5-7-38-11-14/h4-9,11,26,33-35H,10,12-13H2,1-3H3. The van der Waals surface area contributed by atoms with Gasteiger partial charge in [-0.2, -0.15) is 21.5 Å². The molecule has 38 heavy (non-hydrogen) atoms. The fourth-order valence-electron chi connectivity index (χ4n) is 5.04. The number of ether oxygens (including phenoxy) is 2. The minimum Gasteiger partial charge on any atom is -0.496 e. The number of thiophene rings is 1. The summed E-state index contributed by atoms with van der Waals surface area (Å²) in [7, 11) is 3.40. The quantitative estimate of drug-likeness (QED) is 0.267. The van der Waals surface area contributed by atoms with Gasteiger partial charge in [0.05, 0.1) is 29.7 Å². The van der Waals surface area contributed by atoms with Crippen LogP contribution < -0.4 is 14.8 Å². The van der Waals surface area contributed by atoms with Crippen molar-refractivity contribution in [2.45, 2.75) is 25.2 Å². The first-order valence-electron chi connectivity index (χ1n) is 11.8.